The van der Waals surface area contributed by atoms with E-state index in [0.29, 0.717) is 19.3 Å². The molecule has 0 heterocycles. The van der Waals surface area contributed by atoms with E-state index in [0.717, 1.165) is 89.9 Å². The maximum absolute atomic E-state index is 12.9. The predicted molar refractivity (Wildman–Crippen MR) is 321 cm³/mol. The average Bonchev–Trinajstić information content (AvgIpc) is 3.40. The summed E-state index contributed by atoms with van der Waals surface area (Å²) in [6.07, 6.45) is 79.3. The fourth-order valence-electron chi connectivity index (χ4n) is 9.36. The summed E-state index contributed by atoms with van der Waals surface area (Å²) in [6, 6.07) is 0. The molecule has 6 heteroatoms. The first-order valence-electron chi connectivity index (χ1n) is 32.3. The quantitative estimate of drug-likeness (QED) is 0.0261. The molecule has 0 aliphatic heterocycles. The molecule has 0 aromatic heterocycles. The van der Waals surface area contributed by atoms with Crippen LogP contribution in [0.25, 0.3) is 0 Å². The van der Waals surface area contributed by atoms with Crippen molar-refractivity contribution >= 4 is 17.9 Å². The monoisotopic (exact) mass is 1030 g/mol. The molecule has 1 atom stereocenters. The van der Waals surface area contributed by atoms with Gasteiger partial charge in [0.1, 0.15) is 13.2 Å². The average molecular weight is 1040 g/mol. The van der Waals surface area contributed by atoms with Gasteiger partial charge in [-0.1, -0.05) is 287 Å². The molecule has 6 nitrogen and oxygen atoms in total. The van der Waals surface area contributed by atoms with Crippen molar-refractivity contribution in [2.75, 3.05) is 13.2 Å². The second-order valence-corrected chi connectivity index (χ2v) is 21.7. The SMILES string of the molecule is CCCCC/C=C\C/C=C\C/C=C\CCCCCCCCC(=O)OCC(COC(=O)CCCCCCCCC/C=C\C/C=C\CCCCCC)OC(=O)CCCCCCCCCCCCCCCCCCCCC. The smallest absolute Gasteiger partial charge is 0.306 e. The first kappa shape index (κ1) is 71.1. The Morgan fingerprint density at radius 1 is 0.270 bits per heavy atom. The normalized spacial score (nSPS) is 12.4. The van der Waals surface area contributed by atoms with Crippen LogP contribution in [0.2, 0.25) is 0 Å². The number of hydrogen-bond acceptors (Lipinski definition) is 6. The molecule has 0 aliphatic carbocycles. The van der Waals surface area contributed by atoms with Crippen LogP contribution >= 0.6 is 0 Å². The standard InChI is InChI=1S/C68H122O6/c1-4-7-10-13-16-19-22-25-28-31-34-37-40-43-46-49-52-55-58-61-67(70)73-64-65(63-72-66(69)60-57-54-51-48-45-42-39-36-33-30-27-24-21-18-15-12-9-6-3)74-68(71)62-59-56-53-50-47-44-41-38-35-32-29-26-23-20-17-14-11-8-5-2/h16,19,21,24-25,28,30,33-34,37,65H,4-15,17-18,20,22-23,26-27,29,31-32,35-36,38-64H2,1-3H3/b19-16-,24-21-,28-25-,33-30-,37-34-. The van der Waals surface area contributed by atoms with Crippen molar-refractivity contribution in [3.8, 4) is 0 Å². The summed E-state index contributed by atoms with van der Waals surface area (Å²) >= 11 is 0. The predicted octanol–water partition coefficient (Wildman–Crippen LogP) is 21.9. The maximum Gasteiger partial charge on any atom is 0.306 e. The van der Waals surface area contributed by atoms with E-state index >= 15 is 0 Å². The molecule has 0 saturated carbocycles. The zero-order chi connectivity index (χ0) is 53.6. The Labute approximate surface area is 460 Å². The topological polar surface area (TPSA) is 78.9 Å². The van der Waals surface area contributed by atoms with Crippen LogP contribution in [0.3, 0.4) is 0 Å². The van der Waals surface area contributed by atoms with Gasteiger partial charge in [-0.25, -0.2) is 0 Å². The highest BCUT2D eigenvalue weighted by molar-refractivity contribution is 5.71. The minimum atomic E-state index is -0.783. The van der Waals surface area contributed by atoms with Crippen LogP contribution in [0.4, 0.5) is 0 Å². The Hall–Kier alpha value is -2.89. The van der Waals surface area contributed by atoms with Gasteiger partial charge in [0.25, 0.3) is 0 Å². The zero-order valence-electron chi connectivity index (χ0n) is 49.4. The minimum Gasteiger partial charge on any atom is -0.462 e. The van der Waals surface area contributed by atoms with Gasteiger partial charge in [-0.3, -0.25) is 14.4 Å². The van der Waals surface area contributed by atoms with Crippen molar-refractivity contribution in [2.24, 2.45) is 0 Å². The van der Waals surface area contributed by atoms with Gasteiger partial charge in [0, 0.05) is 19.3 Å². The van der Waals surface area contributed by atoms with Gasteiger partial charge in [0.2, 0.25) is 0 Å². The van der Waals surface area contributed by atoms with Crippen LogP contribution in [-0.2, 0) is 28.6 Å². The Balaban J connectivity index is 4.39. The second kappa shape index (κ2) is 62.6. The summed E-state index contributed by atoms with van der Waals surface area (Å²) in [7, 11) is 0. The Bertz CT molecular complexity index is 1330. The molecule has 0 aliphatic rings. The summed E-state index contributed by atoms with van der Waals surface area (Å²) in [6.45, 7) is 6.63. The van der Waals surface area contributed by atoms with Crippen molar-refractivity contribution in [2.45, 2.75) is 341 Å². The van der Waals surface area contributed by atoms with Crippen LogP contribution in [0, 0.1) is 0 Å². The molecule has 0 N–H and O–H groups in total. The highest BCUT2D eigenvalue weighted by Gasteiger charge is 2.19. The van der Waals surface area contributed by atoms with Gasteiger partial charge < -0.3 is 14.2 Å². The molecule has 0 amide bonds. The number of esters is 3. The van der Waals surface area contributed by atoms with E-state index in [4.69, 9.17) is 14.2 Å². The van der Waals surface area contributed by atoms with E-state index in [1.54, 1.807) is 0 Å². The third-order valence-corrected chi connectivity index (χ3v) is 14.2. The van der Waals surface area contributed by atoms with E-state index in [9.17, 15) is 14.4 Å². The summed E-state index contributed by atoms with van der Waals surface area (Å²) in [5.74, 6) is -0.880. The van der Waals surface area contributed by atoms with Crippen molar-refractivity contribution in [3.63, 3.8) is 0 Å². The lowest BCUT2D eigenvalue weighted by Gasteiger charge is -2.18. The van der Waals surface area contributed by atoms with Gasteiger partial charge >= 0.3 is 17.9 Å². The molecule has 0 bridgehead atoms. The zero-order valence-corrected chi connectivity index (χ0v) is 49.4. The molecular weight excluding hydrogens is 913 g/mol. The van der Waals surface area contributed by atoms with Crippen LogP contribution in [0.5, 0.6) is 0 Å². The maximum atomic E-state index is 12.9. The van der Waals surface area contributed by atoms with Crippen LogP contribution in [-0.4, -0.2) is 37.2 Å². The molecule has 0 saturated heterocycles. The number of ether oxygens (including phenoxy) is 3. The largest absolute Gasteiger partial charge is 0.462 e. The number of allylic oxidation sites excluding steroid dienone is 10. The van der Waals surface area contributed by atoms with Crippen molar-refractivity contribution in [1.29, 1.82) is 0 Å². The van der Waals surface area contributed by atoms with E-state index in [-0.39, 0.29) is 31.1 Å². The molecule has 0 aromatic rings. The number of unbranched alkanes of at least 4 members (excludes halogenated alkanes) is 38. The summed E-state index contributed by atoms with van der Waals surface area (Å²) in [5.41, 5.74) is 0. The number of hydrogen-bond donors (Lipinski definition) is 0. The molecule has 0 aromatic carbocycles. The number of rotatable bonds is 59. The lowest BCUT2D eigenvalue weighted by atomic mass is 10.0. The molecule has 430 valence electrons. The molecular formula is C68H122O6. The second-order valence-electron chi connectivity index (χ2n) is 21.7. The first-order valence-corrected chi connectivity index (χ1v) is 32.3. The molecule has 0 fully saturated rings. The Morgan fingerprint density at radius 3 is 0.797 bits per heavy atom. The third kappa shape index (κ3) is 60.0. The Kier molecular flexibility index (Phi) is 60.2. The van der Waals surface area contributed by atoms with Crippen molar-refractivity contribution in [1.82, 2.24) is 0 Å². The van der Waals surface area contributed by atoms with E-state index in [1.807, 2.05) is 0 Å². The Morgan fingerprint density at radius 2 is 0.486 bits per heavy atom. The highest BCUT2D eigenvalue weighted by Crippen LogP contribution is 2.17. The lowest BCUT2D eigenvalue weighted by Crippen LogP contribution is -2.30. The van der Waals surface area contributed by atoms with Gasteiger partial charge in [-0.2, -0.15) is 0 Å². The summed E-state index contributed by atoms with van der Waals surface area (Å²) in [5, 5.41) is 0. The molecule has 0 spiro atoms. The van der Waals surface area contributed by atoms with Gasteiger partial charge in [0.05, 0.1) is 0 Å². The van der Waals surface area contributed by atoms with E-state index < -0.39 is 6.10 Å². The lowest BCUT2D eigenvalue weighted by molar-refractivity contribution is -0.167. The van der Waals surface area contributed by atoms with E-state index in [2.05, 4.69) is 81.5 Å². The molecule has 74 heavy (non-hydrogen) atoms. The van der Waals surface area contributed by atoms with Crippen molar-refractivity contribution < 1.29 is 28.6 Å². The van der Waals surface area contributed by atoms with Crippen molar-refractivity contribution in [3.05, 3.63) is 60.8 Å². The summed E-state index contributed by atoms with van der Waals surface area (Å²) < 4.78 is 16.9. The fraction of sp³-hybridized carbons (Fsp3) is 0.809. The summed E-state index contributed by atoms with van der Waals surface area (Å²) in [4.78, 5) is 38.3. The highest BCUT2D eigenvalue weighted by atomic mass is 16.6. The van der Waals surface area contributed by atoms with Crippen LogP contribution in [0.15, 0.2) is 60.8 Å². The van der Waals surface area contributed by atoms with Gasteiger partial charge in [-0.05, 0) is 89.9 Å². The molecule has 0 rings (SSSR count). The molecule has 1 unspecified atom stereocenters. The third-order valence-electron chi connectivity index (χ3n) is 14.2. The van der Waals surface area contributed by atoms with E-state index in [1.165, 1.54) is 205 Å². The van der Waals surface area contributed by atoms with Crippen LogP contribution in [0.1, 0.15) is 335 Å². The number of carbonyl (C=O) groups is 3. The first-order chi connectivity index (χ1) is 36.5. The van der Waals surface area contributed by atoms with Gasteiger partial charge in [-0.15, -0.1) is 0 Å². The fourth-order valence-corrected chi connectivity index (χ4v) is 9.36. The van der Waals surface area contributed by atoms with Gasteiger partial charge in [0.15, 0.2) is 6.10 Å². The minimum absolute atomic E-state index is 0.0798. The molecule has 0 radical (unpaired) electrons. The van der Waals surface area contributed by atoms with Crippen LogP contribution < -0.4 is 0 Å². The number of carbonyl (C=O) groups excluding carboxylic acids is 3.